The van der Waals surface area contributed by atoms with Crippen LogP contribution < -0.4 is 0 Å². The molecule has 8 aromatic carbocycles. The van der Waals surface area contributed by atoms with Crippen molar-refractivity contribution < 1.29 is 4.42 Å². The van der Waals surface area contributed by atoms with Crippen LogP contribution in [0.25, 0.3) is 114 Å². The van der Waals surface area contributed by atoms with Crippen LogP contribution in [0.2, 0.25) is 0 Å². The van der Waals surface area contributed by atoms with Crippen LogP contribution in [0.3, 0.4) is 0 Å². The lowest BCUT2D eigenvalue weighted by Gasteiger charge is -2.11. The molecule has 0 saturated carbocycles. The zero-order valence-corrected chi connectivity index (χ0v) is 30.2. The number of benzene rings is 8. The van der Waals surface area contributed by atoms with E-state index in [-0.39, 0.29) is 0 Å². The van der Waals surface area contributed by atoms with Gasteiger partial charge in [0.15, 0.2) is 11.4 Å². The SMILES string of the molecule is c1ccc(-c2nc(-c3cccc(-c4ccc5c(c4)sc4cccc(-n6c7ccccc7c7cc8ccccc8cc76)c45)c3)nc3c2oc2ccccc23)cc1. The van der Waals surface area contributed by atoms with E-state index in [2.05, 4.69) is 144 Å². The van der Waals surface area contributed by atoms with E-state index in [1.54, 1.807) is 0 Å². The molecule has 256 valence electrons. The molecule has 0 fully saturated rings. The van der Waals surface area contributed by atoms with Crippen LogP contribution in [-0.2, 0) is 0 Å². The minimum Gasteiger partial charge on any atom is -0.452 e. The standard InChI is InChI=1S/C50H29N3OS/c1-2-12-30(13-3-1)47-49-48(37-19-7-9-22-43(37)54-49)52-50(51-47)35-17-10-16-31(26-35)34-24-25-38-45(29-34)55-44-23-11-21-41(46(38)44)53-40-20-8-6-18-36(40)39-27-32-14-4-5-15-33(32)28-42(39)53/h1-29H. The van der Waals surface area contributed by atoms with Crippen molar-refractivity contribution in [2.45, 2.75) is 0 Å². The van der Waals surface area contributed by atoms with E-state index in [1.165, 1.54) is 58.4 Å². The van der Waals surface area contributed by atoms with Crippen LogP contribution >= 0.6 is 11.3 Å². The van der Waals surface area contributed by atoms with E-state index in [4.69, 9.17) is 14.4 Å². The zero-order chi connectivity index (χ0) is 36.0. The first-order chi connectivity index (χ1) is 27.2. The molecular weight excluding hydrogens is 691 g/mol. The first-order valence-corrected chi connectivity index (χ1v) is 19.3. The molecule has 4 nitrogen and oxygen atoms in total. The molecule has 0 aliphatic heterocycles. The van der Waals surface area contributed by atoms with Gasteiger partial charge in [0.2, 0.25) is 0 Å². The molecule has 0 unspecified atom stereocenters. The van der Waals surface area contributed by atoms with E-state index < -0.39 is 0 Å². The van der Waals surface area contributed by atoms with Crippen LogP contribution in [0.4, 0.5) is 0 Å². The second-order valence-corrected chi connectivity index (χ2v) is 15.2. The summed E-state index contributed by atoms with van der Waals surface area (Å²) in [4.78, 5) is 10.3. The Kier molecular flexibility index (Phi) is 6.47. The van der Waals surface area contributed by atoms with Crippen molar-refractivity contribution in [1.82, 2.24) is 14.5 Å². The van der Waals surface area contributed by atoms with Crippen LogP contribution in [0.5, 0.6) is 0 Å². The van der Waals surface area contributed by atoms with Gasteiger partial charge in [-0.1, -0.05) is 121 Å². The number of hydrogen-bond donors (Lipinski definition) is 0. The van der Waals surface area contributed by atoms with Crippen molar-refractivity contribution in [2.75, 3.05) is 0 Å². The smallest absolute Gasteiger partial charge is 0.180 e. The fourth-order valence-electron chi connectivity index (χ4n) is 8.44. The van der Waals surface area contributed by atoms with Crippen molar-refractivity contribution in [1.29, 1.82) is 0 Å². The lowest BCUT2D eigenvalue weighted by atomic mass is 10.0. The summed E-state index contributed by atoms with van der Waals surface area (Å²) in [5.74, 6) is 0.672. The minimum absolute atomic E-state index is 0.672. The topological polar surface area (TPSA) is 43.9 Å². The van der Waals surface area contributed by atoms with E-state index >= 15 is 0 Å². The molecule has 0 amide bonds. The Morgan fingerprint density at radius 3 is 2.09 bits per heavy atom. The molecule has 0 atom stereocenters. The number of aromatic nitrogens is 3. The third-order valence-corrected chi connectivity index (χ3v) is 12.1. The van der Waals surface area contributed by atoms with Gasteiger partial charge >= 0.3 is 0 Å². The normalized spacial score (nSPS) is 12.0. The summed E-state index contributed by atoms with van der Waals surface area (Å²) in [7, 11) is 0. The van der Waals surface area contributed by atoms with E-state index in [0.29, 0.717) is 11.4 Å². The van der Waals surface area contributed by atoms with Crippen LogP contribution in [0.1, 0.15) is 0 Å². The van der Waals surface area contributed by atoms with E-state index in [9.17, 15) is 0 Å². The summed E-state index contributed by atoms with van der Waals surface area (Å²) in [6.45, 7) is 0. The highest BCUT2D eigenvalue weighted by molar-refractivity contribution is 7.26. The molecule has 4 aromatic heterocycles. The van der Waals surface area contributed by atoms with Gasteiger partial charge in [-0.05, 0) is 76.5 Å². The molecule has 0 bridgehead atoms. The van der Waals surface area contributed by atoms with Gasteiger partial charge < -0.3 is 8.98 Å². The highest BCUT2D eigenvalue weighted by Gasteiger charge is 2.20. The number of rotatable bonds is 4. The van der Waals surface area contributed by atoms with Gasteiger partial charge in [0.25, 0.3) is 0 Å². The highest BCUT2D eigenvalue weighted by Crippen LogP contribution is 2.43. The van der Waals surface area contributed by atoms with Crippen molar-refractivity contribution in [2.24, 2.45) is 0 Å². The lowest BCUT2D eigenvalue weighted by molar-refractivity contribution is 0.667. The zero-order valence-electron chi connectivity index (χ0n) is 29.4. The lowest BCUT2D eigenvalue weighted by Crippen LogP contribution is -1.94. The molecule has 4 heterocycles. The number of hydrogen-bond acceptors (Lipinski definition) is 4. The average molecular weight is 720 g/mol. The van der Waals surface area contributed by atoms with Gasteiger partial charge in [-0.2, -0.15) is 0 Å². The first kappa shape index (κ1) is 30.4. The number of thiophene rings is 1. The average Bonchev–Trinajstić information content (AvgIpc) is 3.92. The molecule has 0 aliphatic carbocycles. The van der Waals surface area contributed by atoms with Gasteiger partial charge in [0.1, 0.15) is 16.8 Å². The summed E-state index contributed by atoms with van der Waals surface area (Å²) in [6, 6.07) is 62.6. The Hall–Kier alpha value is -7.08. The molecule has 0 radical (unpaired) electrons. The Labute approximate surface area is 319 Å². The molecule has 12 rings (SSSR count). The fraction of sp³-hybridized carbons (Fsp3) is 0. The summed E-state index contributed by atoms with van der Waals surface area (Å²) in [5, 5.41) is 8.56. The maximum absolute atomic E-state index is 6.35. The Balaban J connectivity index is 1.01. The molecule has 12 aromatic rings. The predicted molar refractivity (Wildman–Crippen MR) is 230 cm³/mol. The summed E-state index contributed by atoms with van der Waals surface area (Å²) < 4.78 is 11.3. The summed E-state index contributed by atoms with van der Waals surface area (Å²) in [6.07, 6.45) is 0. The molecule has 0 saturated heterocycles. The molecule has 5 heteroatoms. The Morgan fingerprint density at radius 1 is 0.455 bits per heavy atom. The van der Waals surface area contributed by atoms with Crippen molar-refractivity contribution in [3.8, 4) is 39.5 Å². The molecule has 0 aliphatic rings. The monoisotopic (exact) mass is 719 g/mol. The third-order valence-electron chi connectivity index (χ3n) is 11.0. The maximum atomic E-state index is 6.35. The minimum atomic E-state index is 0.672. The van der Waals surface area contributed by atoms with Crippen LogP contribution in [-0.4, -0.2) is 14.5 Å². The van der Waals surface area contributed by atoms with Gasteiger partial charge in [-0.15, -0.1) is 11.3 Å². The second-order valence-electron chi connectivity index (χ2n) is 14.2. The third kappa shape index (κ3) is 4.64. The van der Waals surface area contributed by atoms with Gasteiger partial charge in [-0.25, -0.2) is 9.97 Å². The number of para-hydroxylation sites is 2. The molecular formula is C50H29N3OS. The fourth-order valence-corrected chi connectivity index (χ4v) is 9.60. The number of furan rings is 1. The van der Waals surface area contributed by atoms with E-state index in [0.717, 1.165) is 44.4 Å². The van der Waals surface area contributed by atoms with Gasteiger partial charge in [-0.3, -0.25) is 0 Å². The van der Waals surface area contributed by atoms with Crippen molar-refractivity contribution in [3.63, 3.8) is 0 Å². The molecule has 0 spiro atoms. The second kappa shape index (κ2) is 11.7. The van der Waals surface area contributed by atoms with Crippen molar-refractivity contribution in [3.05, 3.63) is 176 Å². The van der Waals surface area contributed by atoms with E-state index in [1.807, 2.05) is 47.7 Å². The predicted octanol–water partition coefficient (Wildman–Crippen LogP) is 14.0. The molecule has 55 heavy (non-hydrogen) atoms. The number of fused-ring (bicyclic) bond motifs is 10. The Bertz CT molecular complexity index is 3500. The molecule has 0 N–H and O–H groups in total. The first-order valence-electron chi connectivity index (χ1n) is 18.5. The van der Waals surface area contributed by atoms with Crippen molar-refractivity contribution >= 4 is 86.2 Å². The Morgan fingerprint density at radius 2 is 1.18 bits per heavy atom. The van der Waals surface area contributed by atoms with Gasteiger partial charge in [0, 0.05) is 47.5 Å². The largest absolute Gasteiger partial charge is 0.452 e. The maximum Gasteiger partial charge on any atom is 0.180 e. The highest BCUT2D eigenvalue weighted by atomic mass is 32.1. The van der Waals surface area contributed by atoms with Crippen LogP contribution in [0, 0.1) is 0 Å². The summed E-state index contributed by atoms with van der Waals surface area (Å²) in [5.41, 5.74) is 11.0. The quantitative estimate of drug-likeness (QED) is 0.182. The van der Waals surface area contributed by atoms with Gasteiger partial charge in [0.05, 0.1) is 16.7 Å². The number of nitrogens with zero attached hydrogens (tertiary/aromatic N) is 3. The summed E-state index contributed by atoms with van der Waals surface area (Å²) >= 11 is 1.85. The van der Waals surface area contributed by atoms with Crippen LogP contribution in [0.15, 0.2) is 180 Å².